The van der Waals surface area contributed by atoms with Gasteiger partial charge in [0.1, 0.15) is 17.3 Å². The Morgan fingerprint density at radius 1 is 1.29 bits per heavy atom. The van der Waals surface area contributed by atoms with Crippen LogP contribution in [-0.2, 0) is 6.42 Å². The van der Waals surface area contributed by atoms with Gasteiger partial charge in [0.15, 0.2) is 11.6 Å². The Hall–Kier alpha value is -3.22. The van der Waals surface area contributed by atoms with Gasteiger partial charge < -0.3 is 14.4 Å². The molecule has 3 heterocycles. The van der Waals surface area contributed by atoms with Gasteiger partial charge >= 0.3 is 0 Å². The number of carbonyl (C=O) groups excluding carboxylic acids is 1. The fourth-order valence-corrected chi connectivity index (χ4v) is 3.52. The highest BCUT2D eigenvalue weighted by Crippen LogP contribution is 2.29. The van der Waals surface area contributed by atoms with Crippen LogP contribution in [0.15, 0.2) is 53.2 Å². The number of nitrogens with zero attached hydrogens (tertiary/aromatic N) is 3. The summed E-state index contributed by atoms with van der Waals surface area (Å²) < 4.78 is 19.2. The van der Waals surface area contributed by atoms with Gasteiger partial charge in [-0.05, 0) is 42.7 Å². The van der Waals surface area contributed by atoms with Crippen molar-refractivity contribution < 1.29 is 18.7 Å². The molecule has 1 amide bonds. The van der Waals surface area contributed by atoms with Crippen LogP contribution in [0, 0.1) is 5.82 Å². The first kappa shape index (κ1) is 18.2. The highest BCUT2D eigenvalue weighted by molar-refractivity contribution is 5.94. The second-order valence-electron chi connectivity index (χ2n) is 6.93. The molecule has 28 heavy (non-hydrogen) atoms. The third-order valence-corrected chi connectivity index (χ3v) is 4.89. The molecular formula is C21H20FN3O3. The molecule has 0 saturated carbocycles. The van der Waals surface area contributed by atoms with Crippen molar-refractivity contribution in [3.63, 3.8) is 0 Å². The summed E-state index contributed by atoms with van der Waals surface area (Å²) in [4.78, 5) is 22.7. The molecule has 1 N–H and O–H groups in total. The molecule has 0 radical (unpaired) electrons. The predicted octanol–water partition coefficient (Wildman–Crippen LogP) is 3.52. The number of rotatable bonds is 4. The monoisotopic (exact) mass is 381 g/mol. The number of aromatic nitrogens is 2. The maximum atomic E-state index is 13.3. The van der Waals surface area contributed by atoms with Gasteiger partial charge in [0.05, 0.1) is 12.1 Å². The zero-order chi connectivity index (χ0) is 19.5. The minimum atomic E-state index is -0.297. The Kier molecular flexibility index (Phi) is 5.06. The van der Waals surface area contributed by atoms with Crippen LogP contribution in [-0.4, -0.2) is 39.0 Å². The average molecular weight is 381 g/mol. The van der Waals surface area contributed by atoms with Gasteiger partial charge in [-0.1, -0.05) is 12.1 Å². The molecule has 7 heteroatoms. The van der Waals surface area contributed by atoms with Gasteiger partial charge in [-0.3, -0.25) is 4.79 Å². The van der Waals surface area contributed by atoms with E-state index in [1.165, 1.54) is 24.4 Å². The molecule has 0 bridgehead atoms. The largest absolute Gasteiger partial charge is 0.505 e. The fourth-order valence-electron chi connectivity index (χ4n) is 3.52. The van der Waals surface area contributed by atoms with E-state index >= 15 is 0 Å². The van der Waals surface area contributed by atoms with Crippen molar-refractivity contribution in [1.29, 1.82) is 0 Å². The molecule has 144 valence electrons. The summed E-state index contributed by atoms with van der Waals surface area (Å²) in [6, 6.07) is 9.42. The lowest BCUT2D eigenvalue weighted by Gasteiger charge is -2.31. The van der Waals surface area contributed by atoms with E-state index in [1.54, 1.807) is 23.2 Å². The van der Waals surface area contributed by atoms with Gasteiger partial charge in [-0.25, -0.2) is 14.4 Å². The fraction of sp³-hybridized carbons (Fsp3) is 0.286. The summed E-state index contributed by atoms with van der Waals surface area (Å²) in [6.07, 6.45) is 5.28. The Morgan fingerprint density at radius 3 is 3.00 bits per heavy atom. The van der Waals surface area contributed by atoms with E-state index in [0.29, 0.717) is 31.2 Å². The van der Waals surface area contributed by atoms with Crippen molar-refractivity contribution in [2.45, 2.75) is 25.2 Å². The summed E-state index contributed by atoms with van der Waals surface area (Å²) in [5.41, 5.74) is 0.871. The smallest absolute Gasteiger partial charge is 0.276 e. The number of carbonyl (C=O) groups is 1. The quantitative estimate of drug-likeness (QED) is 0.748. The lowest BCUT2D eigenvalue weighted by molar-refractivity contribution is 0.0688. The number of hydrogen-bond acceptors (Lipinski definition) is 5. The van der Waals surface area contributed by atoms with Crippen molar-refractivity contribution in [3.05, 3.63) is 77.5 Å². The van der Waals surface area contributed by atoms with E-state index in [2.05, 4.69) is 9.97 Å². The second kappa shape index (κ2) is 7.80. The summed E-state index contributed by atoms with van der Waals surface area (Å²) in [7, 11) is 0. The van der Waals surface area contributed by atoms with Crippen LogP contribution in [0.1, 0.15) is 46.5 Å². The standard InChI is InChI=1S/C21H20FN3O3/c22-16-6-1-4-14(10-16)11-17-12-24-20(28-17)15-5-3-9-25(13-15)21(27)19-18(26)7-2-8-23-19/h1-2,4,6-8,10,12,15,26H,3,5,9,11,13H2. The first-order valence-electron chi connectivity index (χ1n) is 9.22. The molecule has 1 unspecified atom stereocenters. The molecule has 1 aliphatic rings. The summed E-state index contributed by atoms with van der Waals surface area (Å²) >= 11 is 0. The van der Waals surface area contributed by atoms with Gasteiger partial charge in [-0.2, -0.15) is 0 Å². The molecule has 4 rings (SSSR count). The SMILES string of the molecule is O=C(c1ncccc1O)N1CCCC(c2ncc(Cc3cccc(F)c3)o2)C1. The van der Waals surface area contributed by atoms with Crippen molar-refractivity contribution in [2.24, 2.45) is 0 Å². The van der Waals surface area contributed by atoms with E-state index in [1.807, 2.05) is 6.07 Å². The van der Waals surface area contributed by atoms with Crippen LogP contribution in [0.25, 0.3) is 0 Å². The van der Waals surface area contributed by atoms with Crippen LogP contribution in [0.4, 0.5) is 4.39 Å². The van der Waals surface area contributed by atoms with Crippen molar-refractivity contribution in [3.8, 4) is 5.75 Å². The number of amides is 1. The van der Waals surface area contributed by atoms with E-state index in [-0.39, 0.29) is 29.1 Å². The molecule has 0 aliphatic carbocycles. The van der Waals surface area contributed by atoms with Crippen LogP contribution in [0.5, 0.6) is 5.75 Å². The van der Waals surface area contributed by atoms with Crippen molar-refractivity contribution in [2.75, 3.05) is 13.1 Å². The third kappa shape index (κ3) is 3.88. The molecule has 6 nitrogen and oxygen atoms in total. The van der Waals surface area contributed by atoms with Gasteiger partial charge in [0.2, 0.25) is 0 Å². The highest BCUT2D eigenvalue weighted by Gasteiger charge is 2.30. The van der Waals surface area contributed by atoms with E-state index in [4.69, 9.17) is 4.42 Å². The minimum Gasteiger partial charge on any atom is -0.505 e. The molecule has 1 aromatic carbocycles. The van der Waals surface area contributed by atoms with Gasteiger partial charge in [-0.15, -0.1) is 0 Å². The molecule has 1 fully saturated rings. The van der Waals surface area contributed by atoms with E-state index in [0.717, 1.165) is 18.4 Å². The molecule has 1 atom stereocenters. The van der Waals surface area contributed by atoms with E-state index in [9.17, 15) is 14.3 Å². The number of aromatic hydroxyl groups is 1. The van der Waals surface area contributed by atoms with Crippen LogP contribution < -0.4 is 0 Å². The average Bonchev–Trinajstić information content (AvgIpc) is 3.16. The molecule has 3 aromatic rings. The predicted molar refractivity (Wildman–Crippen MR) is 99.5 cm³/mol. The number of pyridine rings is 1. The highest BCUT2D eigenvalue weighted by atomic mass is 19.1. The topological polar surface area (TPSA) is 79.5 Å². The lowest BCUT2D eigenvalue weighted by atomic mass is 9.97. The van der Waals surface area contributed by atoms with E-state index < -0.39 is 0 Å². The minimum absolute atomic E-state index is 0.0233. The molecular weight excluding hydrogens is 361 g/mol. The summed E-state index contributed by atoms with van der Waals surface area (Å²) in [5, 5.41) is 9.89. The summed E-state index contributed by atoms with van der Waals surface area (Å²) in [6.45, 7) is 1.05. The number of benzene rings is 1. The van der Waals surface area contributed by atoms with Crippen LogP contribution >= 0.6 is 0 Å². The normalized spacial score (nSPS) is 16.9. The zero-order valence-electron chi connectivity index (χ0n) is 15.2. The number of piperidine rings is 1. The Bertz CT molecular complexity index is 988. The molecule has 1 aliphatic heterocycles. The van der Waals surface area contributed by atoms with Gasteiger partial charge in [0.25, 0.3) is 5.91 Å². The maximum Gasteiger partial charge on any atom is 0.276 e. The van der Waals surface area contributed by atoms with Gasteiger partial charge in [0, 0.05) is 25.7 Å². The zero-order valence-corrected chi connectivity index (χ0v) is 15.2. The maximum absolute atomic E-state index is 13.3. The number of hydrogen-bond donors (Lipinski definition) is 1. The first-order valence-corrected chi connectivity index (χ1v) is 9.22. The van der Waals surface area contributed by atoms with Crippen LogP contribution in [0.2, 0.25) is 0 Å². The number of halogens is 1. The second-order valence-corrected chi connectivity index (χ2v) is 6.93. The van der Waals surface area contributed by atoms with Crippen molar-refractivity contribution >= 4 is 5.91 Å². The molecule has 0 spiro atoms. The van der Waals surface area contributed by atoms with Crippen LogP contribution in [0.3, 0.4) is 0 Å². The Labute approximate surface area is 161 Å². The molecule has 1 saturated heterocycles. The lowest BCUT2D eigenvalue weighted by Crippen LogP contribution is -2.39. The Balaban J connectivity index is 1.46. The number of likely N-dealkylation sites (tertiary alicyclic amines) is 1. The third-order valence-electron chi connectivity index (χ3n) is 4.89. The summed E-state index contributed by atoms with van der Waals surface area (Å²) in [5.74, 6) is 0.513. The Morgan fingerprint density at radius 2 is 2.18 bits per heavy atom. The molecule has 2 aromatic heterocycles. The number of oxazole rings is 1. The van der Waals surface area contributed by atoms with Crippen molar-refractivity contribution in [1.82, 2.24) is 14.9 Å². The first-order chi connectivity index (χ1) is 13.6.